The van der Waals surface area contributed by atoms with Gasteiger partial charge >= 0.3 is 0 Å². The molecule has 1 unspecified atom stereocenters. The lowest BCUT2D eigenvalue weighted by molar-refractivity contribution is 0.298. The van der Waals surface area contributed by atoms with Gasteiger partial charge in [-0.15, -0.1) is 0 Å². The summed E-state index contributed by atoms with van der Waals surface area (Å²) >= 11 is 3.43. The van der Waals surface area contributed by atoms with E-state index in [0.717, 1.165) is 10.0 Å². The highest BCUT2D eigenvalue weighted by atomic mass is 79.9. The number of nitrogens with two attached hydrogens (primary N) is 1. The van der Waals surface area contributed by atoms with Gasteiger partial charge in [-0.25, -0.2) is 4.39 Å². The Morgan fingerprint density at radius 1 is 1.26 bits per heavy atom. The van der Waals surface area contributed by atoms with Crippen LogP contribution in [0.25, 0.3) is 0 Å². The summed E-state index contributed by atoms with van der Waals surface area (Å²) in [6.07, 6.45) is 0. The molecule has 0 aliphatic rings. The zero-order valence-corrected chi connectivity index (χ0v) is 12.2. The average molecular weight is 324 g/mol. The van der Waals surface area contributed by atoms with Crippen molar-refractivity contribution < 1.29 is 9.13 Å². The van der Waals surface area contributed by atoms with Gasteiger partial charge in [-0.05, 0) is 46.6 Å². The van der Waals surface area contributed by atoms with E-state index in [4.69, 9.17) is 10.5 Å². The molecule has 2 aromatic rings. The molecule has 1 atom stereocenters. The average Bonchev–Trinajstić information content (AvgIpc) is 2.39. The third kappa shape index (κ3) is 3.55. The van der Waals surface area contributed by atoms with Gasteiger partial charge in [0, 0.05) is 11.6 Å². The van der Waals surface area contributed by atoms with E-state index in [1.165, 1.54) is 6.07 Å². The molecule has 2 nitrogen and oxygen atoms in total. The summed E-state index contributed by atoms with van der Waals surface area (Å²) in [6, 6.07) is 12.2. The first-order valence-electron chi connectivity index (χ1n) is 5.99. The molecule has 2 aromatic carbocycles. The lowest BCUT2D eigenvalue weighted by atomic mass is 10.1. The van der Waals surface area contributed by atoms with Gasteiger partial charge in [-0.2, -0.15) is 0 Å². The molecular weight excluding hydrogens is 309 g/mol. The fourth-order valence-electron chi connectivity index (χ4n) is 1.69. The van der Waals surface area contributed by atoms with Crippen molar-refractivity contribution in [3.05, 3.63) is 63.9 Å². The van der Waals surface area contributed by atoms with Gasteiger partial charge in [0.15, 0.2) is 0 Å². The number of hydrogen-bond acceptors (Lipinski definition) is 2. The first-order valence-corrected chi connectivity index (χ1v) is 6.78. The quantitative estimate of drug-likeness (QED) is 0.915. The van der Waals surface area contributed by atoms with Crippen LogP contribution in [0.4, 0.5) is 4.39 Å². The Labute approximate surface area is 120 Å². The Hall–Kier alpha value is -1.39. The van der Waals surface area contributed by atoms with Gasteiger partial charge < -0.3 is 10.5 Å². The highest BCUT2D eigenvalue weighted by Crippen LogP contribution is 2.28. The van der Waals surface area contributed by atoms with Crippen molar-refractivity contribution in [1.82, 2.24) is 0 Å². The minimum absolute atomic E-state index is 0.0306. The zero-order valence-electron chi connectivity index (χ0n) is 10.6. The zero-order chi connectivity index (χ0) is 13.8. The van der Waals surface area contributed by atoms with Crippen molar-refractivity contribution in [2.75, 3.05) is 0 Å². The smallest absolute Gasteiger partial charge is 0.134 e. The van der Waals surface area contributed by atoms with E-state index < -0.39 is 0 Å². The van der Waals surface area contributed by atoms with Crippen molar-refractivity contribution >= 4 is 15.9 Å². The summed E-state index contributed by atoms with van der Waals surface area (Å²) in [6.45, 7) is 2.12. The molecule has 0 aliphatic heterocycles. The lowest BCUT2D eigenvalue weighted by Gasteiger charge is -2.11. The fourth-order valence-corrected chi connectivity index (χ4v) is 2.20. The van der Waals surface area contributed by atoms with Crippen molar-refractivity contribution in [1.29, 1.82) is 0 Å². The molecule has 0 heterocycles. The Balaban J connectivity index is 2.10. The van der Waals surface area contributed by atoms with Gasteiger partial charge in [0.25, 0.3) is 0 Å². The maximum Gasteiger partial charge on any atom is 0.134 e. The maximum absolute atomic E-state index is 13.5. The monoisotopic (exact) mass is 323 g/mol. The second-order valence-corrected chi connectivity index (χ2v) is 5.21. The fraction of sp³-hybridized carbons (Fsp3) is 0.200. The molecule has 0 spiro atoms. The van der Waals surface area contributed by atoms with Crippen LogP contribution in [-0.4, -0.2) is 0 Å². The Kier molecular flexibility index (Phi) is 4.56. The van der Waals surface area contributed by atoms with Gasteiger partial charge in [0.05, 0.1) is 4.47 Å². The normalized spacial score (nSPS) is 12.2. The van der Waals surface area contributed by atoms with E-state index in [0.29, 0.717) is 11.3 Å². The van der Waals surface area contributed by atoms with Crippen molar-refractivity contribution in [2.24, 2.45) is 5.73 Å². The molecule has 100 valence electrons. The Morgan fingerprint density at radius 3 is 2.63 bits per heavy atom. The van der Waals surface area contributed by atoms with Gasteiger partial charge in [-0.3, -0.25) is 0 Å². The van der Waals surface area contributed by atoms with Crippen LogP contribution in [0.5, 0.6) is 5.75 Å². The lowest BCUT2D eigenvalue weighted by Crippen LogP contribution is -2.05. The molecule has 19 heavy (non-hydrogen) atoms. The predicted octanol–water partition coefficient (Wildman–Crippen LogP) is 4.19. The van der Waals surface area contributed by atoms with Crippen LogP contribution >= 0.6 is 15.9 Å². The summed E-state index contributed by atoms with van der Waals surface area (Å²) in [5.41, 5.74) is 7.36. The van der Waals surface area contributed by atoms with Crippen LogP contribution < -0.4 is 10.5 Å². The molecule has 0 aromatic heterocycles. The molecule has 4 heteroatoms. The first kappa shape index (κ1) is 14.0. The number of rotatable bonds is 4. The summed E-state index contributed by atoms with van der Waals surface area (Å²) < 4.78 is 19.9. The predicted molar refractivity (Wildman–Crippen MR) is 77.5 cm³/mol. The summed E-state index contributed by atoms with van der Waals surface area (Å²) in [7, 11) is 0. The Morgan fingerprint density at radius 2 is 2.00 bits per heavy atom. The van der Waals surface area contributed by atoms with Crippen LogP contribution in [0, 0.1) is 5.82 Å². The van der Waals surface area contributed by atoms with E-state index in [1.54, 1.807) is 18.2 Å². The van der Waals surface area contributed by atoms with Crippen LogP contribution in [0.2, 0.25) is 0 Å². The highest BCUT2D eigenvalue weighted by molar-refractivity contribution is 9.10. The third-order valence-electron chi connectivity index (χ3n) is 2.82. The van der Waals surface area contributed by atoms with Gasteiger partial charge in [0.1, 0.15) is 18.2 Å². The van der Waals surface area contributed by atoms with Crippen molar-refractivity contribution in [3.63, 3.8) is 0 Å². The molecule has 0 radical (unpaired) electrons. The summed E-state index contributed by atoms with van der Waals surface area (Å²) in [5.74, 6) is 0.415. The number of hydrogen-bond donors (Lipinski definition) is 1. The Bertz CT molecular complexity index is 572. The van der Waals surface area contributed by atoms with Crippen LogP contribution in [-0.2, 0) is 6.61 Å². The van der Waals surface area contributed by atoms with Crippen molar-refractivity contribution in [3.8, 4) is 5.75 Å². The minimum Gasteiger partial charge on any atom is -0.488 e. The van der Waals surface area contributed by atoms with Gasteiger partial charge in [0.2, 0.25) is 0 Å². The van der Waals surface area contributed by atoms with E-state index in [9.17, 15) is 4.39 Å². The molecule has 0 saturated heterocycles. The molecule has 0 aliphatic carbocycles. The summed E-state index contributed by atoms with van der Waals surface area (Å²) in [4.78, 5) is 0. The molecule has 0 saturated carbocycles. The highest BCUT2D eigenvalue weighted by Gasteiger charge is 2.07. The molecule has 0 amide bonds. The van der Waals surface area contributed by atoms with Crippen LogP contribution in [0.3, 0.4) is 0 Å². The second kappa shape index (κ2) is 6.17. The number of ether oxygens (including phenoxy) is 1. The minimum atomic E-state index is -0.258. The second-order valence-electron chi connectivity index (χ2n) is 4.36. The SMILES string of the molecule is CC(N)c1ccc(OCc2ccccc2F)c(Br)c1. The molecule has 0 bridgehead atoms. The first-order chi connectivity index (χ1) is 9.08. The van der Waals surface area contributed by atoms with E-state index in [2.05, 4.69) is 15.9 Å². The number of benzene rings is 2. The van der Waals surface area contributed by atoms with Crippen LogP contribution in [0.1, 0.15) is 24.1 Å². The largest absolute Gasteiger partial charge is 0.488 e. The van der Waals surface area contributed by atoms with Crippen LogP contribution in [0.15, 0.2) is 46.9 Å². The molecule has 0 fully saturated rings. The molecule has 2 N–H and O–H groups in total. The standard InChI is InChI=1S/C15H15BrFNO/c1-10(18)11-6-7-15(13(16)8-11)19-9-12-4-2-3-5-14(12)17/h2-8,10H,9,18H2,1H3. The van der Waals surface area contributed by atoms with E-state index >= 15 is 0 Å². The maximum atomic E-state index is 13.5. The molecule has 2 rings (SSSR count). The van der Waals surface area contributed by atoms with E-state index in [-0.39, 0.29) is 18.5 Å². The third-order valence-corrected chi connectivity index (χ3v) is 3.44. The molecular formula is C15H15BrFNO. The summed E-state index contributed by atoms with van der Waals surface area (Å²) in [5, 5.41) is 0. The number of halogens is 2. The topological polar surface area (TPSA) is 35.2 Å². The van der Waals surface area contributed by atoms with Gasteiger partial charge in [-0.1, -0.05) is 24.3 Å². The van der Waals surface area contributed by atoms with Crippen molar-refractivity contribution in [2.45, 2.75) is 19.6 Å². The van der Waals surface area contributed by atoms with E-state index in [1.807, 2.05) is 25.1 Å².